The molecule has 1 saturated heterocycles. The predicted molar refractivity (Wildman–Crippen MR) is 124 cm³/mol. The van der Waals surface area contributed by atoms with E-state index >= 15 is 0 Å². The molecule has 2 aromatic rings. The van der Waals surface area contributed by atoms with Crippen LogP contribution in [0.25, 0.3) is 0 Å². The number of nitrogens with one attached hydrogen (secondary N) is 2. The van der Waals surface area contributed by atoms with Crippen LogP contribution in [0.5, 0.6) is 0 Å². The first-order chi connectivity index (χ1) is 13.0. The molecule has 0 unspecified atom stereocenters. The van der Waals surface area contributed by atoms with Crippen LogP contribution in [0, 0.1) is 6.92 Å². The third kappa shape index (κ3) is 6.08. The van der Waals surface area contributed by atoms with Crippen LogP contribution < -0.4 is 15.5 Å². The summed E-state index contributed by atoms with van der Waals surface area (Å²) in [7, 11) is 1.79. The number of hydrogen-bond acceptors (Lipinski definition) is 5. The minimum atomic E-state index is 0. The monoisotopic (exact) mass is 498 g/mol. The number of anilines is 1. The van der Waals surface area contributed by atoms with Gasteiger partial charge in [0.15, 0.2) is 11.7 Å². The van der Waals surface area contributed by atoms with Gasteiger partial charge in [-0.2, -0.15) is 0 Å². The Hall–Kier alpha value is -1.84. The number of pyridine rings is 1. The molecule has 0 saturated carbocycles. The average molecular weight is 498 g/mol. The fourth-order valence-electron chi connectivity index (χ4n) is 3.14. The highest BCUT2D eigenvalue weighted by molar-refractivity contribution is 14.0. The maximum atomic E-state index is 5.37. The zero-order valence-corrected chi connectivity index (χ0v) is 19.4. The van der Waals surface area contributed by atoms with Crippen LogP contribution >= 0.6 is 24.0 Å². The number of rotatable bonds is 5. The molecule has 8 heteroatoms. The second-order valence-corrected chi connectivity index (χ2v) is 7.40. The third-order valence-corrected chi connectivity index (χ3v) is 4.88. The topological polar surface area (TPSA) is 78.6 Å². The molecule has 3 rings (SSSR count). The van der Waals surface area contributed by atoms with Crippen LogP contribution in [0.3, 0.4) is 0 Å². The SMILES string of the molecule is CN=C(NCc1cc(C(C)C)no1)NC1CCN(c2ccc(C)cn2)CC1.I. The number of aliphatic imine (C=N–C) groups is 1. The first kappa shape index (κ1) is 22.4. The average Bonchev–Trinajstić information content (AvgIpc) is 3.16. The van der Waals surface area contributed by atoms with Gasteiger partial charge in [-0.1, -0.05) is 25.1 Å². The van der Waals surface area contributed by atoms with Crippen molar-refractivity contribution in [1.29, 1.82) is 0 Å². The van der Waals surface area contributed by atoms with Crippen LogP contribution in [-0.4, -0.2) is 42.3 Å². The van der Waals surface area contributed by atoms with E-state index < -0.39 is 0 Å². The van der Waals surface area contributed by atoms with Gasteiger partial charge in [-0.3, -0.25) is 4.99 Å². The first-order valence-corrected chi connectivity index (χ1v) is 9.65. The maximum Gasteiger partial charge on any atom is 0.191 e. The number of aryl methyl sites for hydroxylation is 1. The van der Waals surface area contributed by atoms with Gasteiger partial charge >= 0.3 is 0 Å². The molecular weight excluding hydrogens is 467 g/mol. The molecule has 2 aromatic heterocycles. The molecule has 7 nitrogen and oxygen atoms in total. The molecule has 0 radical (unpaired) electrons. The van der Waals surface area contributed by atoms with Crippen molar-refractivity contribution in [3.8, 4) is 0 Å². The molecule has 2 N–H and O–H groups in total. The van der Waals surface area contributed by atoms with Gasteiger partial charge in [-0.15, -0.1) is 24.0 Å². The van der Waals surface area contributed by atoms with Gasteiger partial charge < -0.3 is 20.1 Å². The van der Waals surface area contributed by atoms with Crippen molar-refractivity contribution < 1.29 is 4.52 Å². The van der Waals surface area contributed by atoms with E-state index in [2.05, 4.69) is 63.6 Å². The van der Waals surface area contributed by atoms with E-state index in [1.807, 2.05) is 12.3 Å². The summed E-state index contributed by atoms with van der Waals surface area (Å²) in [4.78, 5) is 11.2. The van der Waals surface area contributed by atoms with Gasteiger partial charge in [-0.05, 0) is 37.3 Å². The third-order valence-electron chi connectivity index (χ3n) is 4.88. The number of aromatic nitrogens is 2. The molecule has 0 aromatic carbocycles. The minimum absolute atomic E-state index is 0. The van der Waals surface area contributed by atoms with Crippen molar-refractivity contribution >= 4 is 35.8 Å². The van der Waals surface area contributed by atoms with E-state index in [1.165, 1.54) is 5.56 Å². The molecular formula is C20H31IN6O. The summed E-state index contributed by atoms with van der Waals surface area (Å²) in [6.07, 6.45) is 4.03. The quantitative estimate of drug-likeness (QED) is 0.374. The van der Waals surface area contributed by atoms with E-state index in [1.54, 1.807) is 7.05 Å². The number of nitrogens with zero attached hydrogens (tertiary/aromatic N) is 4. The van der Waals surface area contributed by atoms with Crippen LogP contribution in [0.2, 0.25) is 0 Å². The largest absolute Gasteiger partial charge is 0.359 e. The van der Waals surface area contributed by atoms with Crippen LogP contribution in [0.4, 0.5) is 5.82 Å². The lowest BCUT2D eigenvalue weighted by molar-refractivity contribution is 0.371. The molecule has 1 aliphatic heterocycles. The van der Waals surface area contributed by atoms with Crippen LogP contribution in [0.1, 0.15) is 49.6 Å². The Morgan fingerprint density at radius 1 is 1.32 bits per heavy atom. The Morgan fingerprint density at radius 2 is 2.07 bits per heavy atom. The Bertz CT molecular complexity index is 750. The van der Waals surface area contributed by atoms with Crippen LogP contribution in [0.15, 0.2) is 33.9 Å². The smallest absolute Gasteiger partial charge is 0.191 e. The number of piperidine rings is 1. The molecule has 0 bridgehead atoms. The summed E-state index contributed by atoms with van der Waals surface area (Å²) in [6, 6.07) is 6.62. The lowest BCUT2D eigenvalue weighted by Gasteiger charge is -2.33. The highest BCUT2D eigenvalue weighted by Gasteiger charge is 2.21. The molecule has 28 heavy (non-hydrogen) atoms. The molecule has 154 valence electrons. The Morgan fingerprint density at radius 3 is 2.64 bits per heavy atom. The minimum Gasteiger partial charge on any atom is -0.359 e. The van der Waals surface area contributed by atoms with Crippen LogP contribution in [-0.2, 0) is 6.54 Å². The normalized spacial score (nSPS) is 15.5. The second kappa shape index (κ2) is 10.6. The van der Waals surface area contributed by atoms with E-state index in [0.717, 1.165) is 49.2 Å². The number of hydrogen-bond donors (Lipinski definition) is 2. The summed E-state index contributed by atoms with van der Waals surface area (Å²) < 4.78 is 5.37. The summed E-state index contributed by atoms with van der Waals surface area (Å²) in [5, 5.41) is 10.9. The molecule has 1 fully saturated rings. The zero-order valence-electron chi connectivity index (χ0n) is 17.1. The highest BCUT2D eigenvalue weighted by atomic mass is 127. The summed E-state index contributed by atoms with van der Waals surface area (Å²) >= 11 is 0. The molecule has 3 heterocycles. The zero-order chi connectivity index (χ0) is 19.2. The lowest BCUT2D eigenvalue weighted by Crippen LogP contribution is -2.48. The molecule has 0 atom stereocenters. The van der Waals surface area contributed by atoms with Crippen molar-refractivity contribution in [2.75, 3.05) is 25.0 Å². The van der Waals surface area contributed by atoms with Gasteiger partial charge in [0.2, 0.25) is 0 Å². The lowest BCUT2D eigenvalue weighted by atomic mass is 10.1. The Balaban J connectivity index is 0.00000280. The van der Waals surface area contributed by atoms with E-state index in [4.69, 9.17) is 4.52 Å². The standard InChI is InChI=1S/C20H30N6O.HI/c1-14(2)18-11-17(27-25-18)13-23-20(21-4)24-16-7-9-26(10-8-16)19-6-5-15(3)12-22-19;/h5-6,11-12,14,16H,7-10,13H2,1-4H3,(H2,21,23,24);1H. The first-order valence-electron chi connectivity index (χ1n) is 9.65. The van der Waals surface area contributed by atoms with Crippen molar-refractivity contribution in [3.05, 3.63) is 41.4 Å². The van der Waals surface area contributed by atoms with Crippen molar-refractivity contribution in [2.45, 2.75) is 52.1 Å². The molecule has 0 spiro atoms. The summed E-state index contributed by atoms with van der Waals surface area (Å²) in [6.45, 7) is 8.83. The van der Waals surface area contributed by atoms with Gasteiger partial charge in [-0.25, -0.2) is 4.98 Å². The van der Waals surface area contributed by atoms with E-state index in [9.17, 15) is 0 Å². The fourth-order valence-corrected chi connectivity index (χ4v) is 3.14. The fraction of sp³-hybridized carbons (Fsp3) is 0.550. The van der Waals surface area contributed by atoms with Gasteiger partial charge in [0, 0.05) is 38.4 Å². The van der Waals surface area contributed by atoms with Gasteiger partial charge in [0.25, 0.3) is 0 Å². The van der Waals surface area contributed by atoms with E-state index in [0.29, 0.717) is 18.5 Å². The molecule has 0 amide bonds. The summed E-state index contributed by atoms with van der Waals surface area (Å²) in [5.41, 5.74) is 2.17. The maximum absolute atomic E-state index is 5.37. The molecule has 1 aliphatic rings. The van der Waals surface area contributed by atoms with Crippen molar-refractivity contribution in [2.24, 2.45) is 4.99 Å². The van der Waals surface area contributed by atoms with Gasteiger partial charge in [0.05, 0.1) is 12.2 Å². The number of guanidine groups is 1. The molecule has 0 aliphatic carbocycles. The second-order valence-electron chi connectivity index (χ2n) is 7.40. The Labute approximate surface area is 184 Å². The Kier molecular flexibility index (Phi) is 8.53. The predicted octanol–water partition coefficient (Wildman–Crippen LogP) is 3.45. The summed E-state index contributed by atoms with van der Waals surface area (Å²) in [5.74, 6) is 3.05. The van der Waals surface area contributed by atoms with Crippen molar-refractivity contribution in [3.63, 3.8) is 0 Å². The van der Waals surface area contributed by atoms with Crippen molar-refractivity contribution in [1.82, 2.24) is 20.8 Å². The highest BCUT2D eigenvalue weighted by Crippen LogP contribution is 2.18. The van der Waals surface area contributed by atoms with Gasteiger partial charge in [0.1, 0.15) is 5.82 Å². The van der Waals surface area contributed by atoms with E-state index in [-0.39, 0.29) is 24.0 Å². The number of halogens is 1.